The molecule has 8 nitrogen and oxygen atoms in total. The predicted octanol–water partition coefficient (Wildman–Crippen LogP) is 1.22. The van der Waals surface area contributed by atoms with Gasteiger partial charge in [0.1, 0.15) is 0 Å². The number of nitrogens with zero attached hydrogens (tertiary/aromatic N) is 4. The average molecular weight is 385 g/mol. The Balaban J connectivity index is 1.78. The topological polar surface area (TPSA) is 87.0 Å². The lowest BCUT2D eigenvalue weighted by Crippen LogP contribution is -2.48. The van der Waals surface area contributed by atoms with Crippen LogP contribution in [-0.2, 0) is 16.6 Å². The maximum Gasteiger partial charge on any atom is 0.292 e. The van der Waals surface area contributed by atoms with Gasteiger partial charge in [-0.15, -0.1) is 0 Å². The summed E-state index contributed by atoms with van der Waals surface area (Å²) in [5, 5.41) is 4.00. The van der Waals surface area contributed by atoms with Crippen LogP contribution in [0.2, 0.25) is 0 Å². The highest BCUT2D eigenvalue weighted by Gasteiger charge is 2.42. The van der Waals surface area contributed by atoms with Crippen molar-refractivity contribution >= 4 is 16.1 Å². The zero-order valence-electron chi connectivity index (χ0n) is 15.9. The first-order valence-corrected chi connectivity index (χ1v) is 10.5. The van der Waals surface area contributed by atoms with E-state index in [9.17, 15) is 13.2 Å². The number of rotatable bonds is 5. The summed E-state index contributed by atoms with van der Waals surface area (Å²) in [4.78, 5) is 14.7. The Hall–Kier alpha value is -1.45. The van der Waals surface area contributed by atoms with Crippen molar-refractivity contribution in [1.29, 1.82) is 0 Å². The highest BCUT2D eigenvalue weighted by atomic mass is 32.2. The van der Waals surface area contributed by atoms with Crippen LogP contribution in [0.15, 0.2) is 10.6 Å². The van der Waals surface area contributed by atoms with E-state index in [1.165, 1.54) is 22.7 Å². The zero-order valence-corrected chi connectivity index (χ0v) is 16.7. The van der Waals surface area contributed by atoms with Crippen LogP contribution in [0.4, 0.5) is 0 Å². The lowest BCUT2D eigenvalue weighted by Gasteiger charge is -2.35. The Morgan fingerprint density at radius 1 is 1.31 bits per heavy atom. The molecule has 0 N–H and O–H groups in total. The van der Waals surface area contributed by atoms with E-state index < -0.39 is 10.2 Å². The average Bonchev–Trinajstić information content (AvgIpc) is 2.81. The van der Waals surface area contributed by atoms with Crippen LogP contribution < -0.4 is 0 Å². The molecule has 0 radical (unpaired) electrons. The molecule has 1 amide bonds. The summed E-state index contributed by atoms with van der Waals surface area (Å²) in [5.41, 5.74) is 0.778. The Morgan fingerprint density at radius 2 is 2.04 bits per heavy atom. The molecule has 9 heteroatoms. The maximum atomic E-state index is 12.9. The molecule has 0 spiro atoms. The van der Waals surface area contributed by atoms with E-state index >= 15 is 0 Å². The molecule has 3 fully saturated rings. The van der Waals surface area contributed by atoms with Gasteiger partial charge in [0.25, 0.3) is 16.1 Å². The molecule has 1 aromatic rings. The van der Waals surface area contributed by atoms with Crippen molar-refractivity contribution < 1.29 is 17.7 Å². The van der Waals surface area contributed by atoms with Crippen molar-refractivity contribution in [3.05, 3.63) is 17.5 Å². The quantitative estimate of drug-likeness (QED) is 0.762. The minimum atomic E-state index is -3.48. The van der Waals surface area contributed by atoms with Crippen molar-refractivity contribution in [2.45, 2.75) is 39.2 Å². The van der Waals surface area contributed by atoms with Gasteiger partial charge in [-0.25, -0.2) is 0 Å². The van der Waals surface area contributed by atoms with Gasteiger partial charge >= 0.3 is 0 Å². The first kappa shape index (κ1) is 19.3. The highest BCUT2D eigenvalue weighted by Crippen LogP contribution is 2.31. The monoisotopic (exact) mass is 384 g/mol. The number of hydrogen-bond donors (Lipinski definition) is 0. The molecular formula is C17H28N4O4S. The van der Waals surface area contributed by atoms with Gasteiger partial charge in [-0.05, 0) is 31.1 Å². The van der Waals surface area contributed by atoms with E-state index in [4.69, 9.17) is 4.52 Å². The molecule has 1 aromatic heterocycles. The summed E-state index contributed by atoms with van der Waals surface area (Å²) in [6, 6.07) is 1.59. The Labute approximate surface area is 155 Å². The number of hydrogen-bond acceptors (Lipinski definition) is 5. The second-order valence-corrected chi connectivity index (χ2v) is 10.1. The molecule has 3 saturated heterocycles. The zero-order chi connectivity index (χ0) is 19.1. The second-order valence-electron chi connectivity index (χ2n) is 7.94. The fourth-order valence-corrected chi connectivity index (χ4v) is 5.00. The van der Waals surface area contributed by atoms with Crippen molar-refractivity contribution in [2.24, 2.45) is 11.8 Å². The first-order valence-electron chi connectivity index (χ1n) is 9.12. The van der Waals surface area contributed by atoms with E-state index in [2.05, 4.69) is 19.0 Å². The van der Waals surface area contributed by atoms with E-state index in [0.29, 0.717) is 25.6 Å². The Morgan fingerprint density at radius 3 is 2.69 bits per heavy atom. The molecule has 0 aliphatic carbocycles. The number of carbonyl (C=O) groups is 1. The van der Waals surface area contributed by atoms with Gasteiger partial charge < -0.3 is 9.42 Å². The molecule has 3 aliphatic heterocycles. The van der Waals surface area contributed by atoms with Crippen LogP contribution in [-0.4, -0.2) is 72.8 Å². The minimum absolute atomic E-state index is 0.130. The van der Waals surface area contributed by atoms with Gasteiger partial charge in [-0.3, -0.25) is 4.79 Å². The molecule has 2 bridgehead atoms. The van der Waals surface area contributed by atoms with Crippen molar-refractivity contribution in [1.82, 2.24) is 18.7 Å². The molecule has 0 unspecified atom stereocenters. The third-order valence-corrected chi connectivity index (χ3v) is 6.99. The van der Waals surface area contributed by atoms with Gasteiger partial charge in [0, 0.05) is 45.8 Å². The van der Waals surface area contributed by atoms with Crippen LogP contribution in [0.1, 0.15) is 42.9 Å². The largest absolute Gasteiger partial charge is 0.351 e. The first-order chi connectivity index (χ1) is 12.2. The number of aromatic nitrogens is 1. The fourth-order valence-electron chi connectivity index (χ4n) is 3.78. The van der Waals surface area contributed by atoms with E-state index in [1.54, 1.807) is 11.0 Å². The Bertz CT molecular complexity index is 759. The second kappa shape index (κ2) is 7.28. The summed E-state index contributed by atoms with van der Waals surface area (Å²) >= 11 is 0. The predicted molar refractivity (Wildman–Crippen MR) is 96.8 cm³/mol. The molecule has 0 saturated carbocycles. The smallest absolute Gasteiger partial charge is 0.292 e. The standard InChI is InChI=1S/C17H28N4O4S/c1-12(2)7-14-8-16(25-18-14)17(22)21-10-13-5-6-15(21)11-20(9-13)26(23,24)19(3)4/h8,12-13,15H,5-7,9-11H2,1-4H3/t13-,15+/m0/s1. The van der Waals surface area contributed by atoms with Crippen LogP contribution in [0.3, 0.4) is 0 Å². The number of carbonyl (C=O) groups excluding carboxylic acids is 1. The molecule has 4 rings (SSSR count). The van der Waals surface area contributed by atoms with Gasteiger partial charge in [0.2, 0.25) is 5.76 Å². The highest BCUT2D eigenvalue weighted by molar-refractivity contribution is 7.86. The Kier molecular flexibility index (Phi) is 5.41. The van der Waals surface area contributed by atoms with Gasteiger partial charge in [-0.1, -0.05) is 19.0 Å². The molecular weight excluding hydrogens is 356 g/mol. The summed E-state index contributed by atoms with van der Waals surface area (Å²) in [5.74, 6) is 0.633. The minimum Gasteiger partial charge on any atom is -0.351 e. The van der Waals surface area contributed by atoms with Crippen LogP contribution in [0, 0.1) is 11.8 Å². The van der Waals surface area contributed by atoms with Gasteiger partial charge in [0.05, 0.1) is 5.69 Å². The van der Waals surface area contributed by atoms with Crippen molar-refractivity contribution in [3.63, 3.8) is 0 Å². The van der Waals surface area contributed by atoms with Crippen LogP contribution >= 0.6 is 0 Å². The lowest BCUT2D eigenvalue weighted by atomic mass is 9.95. The maximum absolute atomic E-state index is 12.9. The summed E-state index contributed by atoms with van der Waals surface area (Å²) in [6.07, 6.45) is 2.50. The summed E-state index contributed by atoms with van der Waals surface area (Å²) in [6.45, 7) is 5.52. The summed E-state index contributed by atoms with van der Waals surface area (Å²) in [7, 11) is -0.404. The number of piperidine rings is 1. The van der Waals surface area contributed by atoms with E-state index in [0.717, 1.165) is 25.0 Å². The van der Waals surface area contributed by atoms with E-state index in [1.807, 2.05) is 0 Å². The molecule has 4 heterocycles. The third-order valence-electron chi connectivity index (χ3n) is 5.12. The third kappa shape index (κ3) is 3.79. The van der Waals surface area contributed by atoms with Crippen molar-refractivity contribution in [2.75, 3.05) is 33.7 Å². The van der Waals surface area contributed by atoms with E-state index in [-0.39, 0.29) is 23.6 Å². The van der Waals surface area contributed by atoms with Crippen molar-refractivity contribution in [3.8, 4) is 0 Å². The molecule has 26 heavy (non-hydrogen) atoms. The SMILES string of the molecule is CC(C)Cc1cc(C(=O)N2C[C@H]3CC[C@@H]2CN(S(=O)(=O)N(C)C)C3)on1. The number of fused-ring (bicyclic) bond motifs is 4. The molecule has 0 aromatic carbocycles. The van der Waals surface area contributed by atoms with Crippen LogP contribution in [0.25, 0.3) is 0 Å². The van der Waals surface area contributed by atoms with Gasteiger partial charge in [-0.2, -0.15) is 17.0 Å². The molecule has 2 atom stereocenters. The molecule has 146 valence electrons. The van der Waals surface area contributed by atoms with Gasteiger partial charge in [0.15, 0.2) is 0 Å². The number of amides is 1. The summed E-state index contributed by atoms with van der Waals surface area (Å²) < 4.78 is 33.1. The molecule has 3 aliphatic rings. The normalized spacial score (nSPS) is 24.5. The lowest BCUT2D eigenvalue weighted by molar-refractivity contribution is 0.0547. The van der Waals surface area contributed by atoms with Crippen LogP contribution in [0.5, 0.6) is 0 Å². The fraction of sp³-hybridized carbons (Fsp3) is 0.765.